The lowest BCUT2D eigenvalue weighted by Gasteiger charge is -2.12. The molecular weight excluding hydrogens is 171 g/mol. The first-order valence-corrected chi connectivity index (χ1v) is 4.87. The summed E-state index contributed by atoms with van der Waals surface area (Å²) in [7, 11) is 3.86. The zero-order chi connectivity index (χ0) is 9.54. The van der Waals surface area contributed by atoms with Crippen LogP contribution in [0.2, 0.25) is 0 Å². The van der Waals surface area contributed by atoms with Crippen molar-refractivity contribution < 1.29 is 4.59 Å². The van der Waals surface area contributed by atoms with E-state index >= 15 is 0 Å². The molecule has 67 valence electrons. The number of rotatable bonds is 0. The summed E-state index contributed by atoms with van der Waals surface area (Å²) in [6.07, 6.45) is 4.33. The molecule has 1 radical (unpaired) electrons. The number of aromatic nitrogens is 2. The summed E-state index contributed by atoms with van der Waals surface area (Å²) >= 11 is 0. The first-order chi connectivity index (χ1) is 6.84. The van der Waals surface area contributed by atoms with Gasteiger partial charge in [0.25, 0.3) is 0 Å². The predicted octanol–water partition coefficient (Wildman–Crippen LogP) is 0.732. The number of hydrogen-bond donors (Lipinski definition) is 1. The van der Waals surface area contributed by atoms with E-state index in [2.05, 4.69) is 43.5 Å². The molecule has 0 unspecified atom stereocenters. The smallest absolute Gasteiger partial charge is 0.201 e. The third-order valence-electron chi connectivity index (χ3n) is 2.84. The highest BCUT2D eigenvalue weighted by atomic mass is 15.2. The lowest BCUT2D eigenvalue weighted by molar-refractivity contribution is -0.585. The maximum absolute atomic E-state index is 3.86. The van der Waals surface area contributed by atoms with E-state index in [0.717, 1.165) is 12.8 Å². The standard InChI is InChI=1S/C11H11BN2/c12-14-7-9-6-5-8-3-1-2-4-10(8)11(9)13-14/h1-4,7,12-13H,5-6H2/q+1. The second kappa shape index (κ2) is 2.74. The quantitative estimate of drug-likeness (QED) is 0.579. The molecule has 1 heterocycles. The average Bonchev–Trinajstić information content (AvgIpc) is 2.59. The summed E-state index contributed by atoms with van der Waals surface area (Å²) < 4.78 is 1.78. The van der Waals surface area contributed by atoms with Crippen LogP contribution in [0.25, 0.3) is 11.3 Å². The van der Waals surface area contributed by atoms with Crippen LogP contribution in [0, 0.1) is 0 Å². The molecule has 2 nitrogen and oxygen atoms in total. The second-order valence-corrected chi connectivity index (χ2v) is 3.77. The van der Waals surface area contributed by atoms with Crippen molar-refractivity contribution in [3.05, 3.63) is 41.6 Å². The maximum Gasteiger partial charge on any atom is 0.544 e. The van der Waals surface area contributed by atoms with E-state index in [1.807, 2.05) is 0 Å². The van der Waals surface area contributed by atoms with E-state index in [9.17, 15) is 0 Å². The van der Waals surface area contributed by atoms with E-state index in [0.29, 0.717) is 0 Å². The lowest BCUT2D eigenvalue weighted by Crippen LogP contribution is -2.31. The molecule has 1 aliphatic carbocycles. The fraction of sp³-hybridized carbons (Fsp3) is 0.182. The minimum Gasteiger partial charge on any atom is -0.201 e. The molecule has 14 heavy (non-hydrogen) atoms. The number of benzene rings is 1. The average molecular weight is 182 g/mol. The highest BCUT2D eigenvalue weighted by Gasteiger charge is 2.20. The first-order valence-electron chi connectivity index (χ1n) is 4.87. The van der Waals surface area contributed by atoms with E-state index in [4.69, 9.17) is 0 Å². The van der Waals surface area contributed by atoms with Crippen molar-refractivity contribution in [1.82, 2.24) is 5.10 Å². The van der Waals surface area contributed by atoms with Gasteiger partial charge in [-0.1, -0.05) is 24.3 Å². The van der Waals surface area contributed by atoms with Gasteiger partial charge in [-0.25, -0.2) is 4.59 Å². The fourth-order valence-electron chi connectivity index (χ4n) is 2.17. The zero-order valence-electron chi connectivity index (χ0n) is 7.96. The van der Waals surface area contributed by atoms with E-state index in [1.54, 1.807) is 4.59 Å². The van der Waals surface area contributed by atoms with Gasteiger partial charge in [-0.3, -0.25) is 0 Å². The summed E-state index contributed by atoms with van der Waals surface area (Å²) in [4.78, 5) is 0. The molecule has 0 amide bonds. The van der Waals surface area contributed by atoms with E-state index < -0.39 is 0 Å². The number of fused-ring (bicyclic) bond motifs is 3. The van der Waals surface area contributed by atoms with Gasteiger partial charge in [0, 0.05) is 11.1 Å². The molecule has 0 spiro atoms. The molecule has 1 aromatic heterocycles. The molecule has 0 atom stereocenters. The molecule has 0 fully saturated rings. The van der Waals surface area contributed by atoms with Gasteiger partial charge in [0.15, 0.2) is 6.20 Å². The Labute approximate surface area is 84.0 Å². The van der Waals surface area contributed by atoms with E-state index in [-0.39, 0.29) is 0 Å². The Hall–Kier alpha value is -1.51. The molecule has 2 aromatic rings. The Morgan fingerprint density at radius 1 is 1.14 bits per heavy atom. The molecule has 0 aliphatic heterocycles. The Morgan fingerprint density at radius 2 is 1.93 bits per heavy atom. The van der Waals surface area contributed by atoms with Crippen molar-refractivity contribution in [1.29, 1.82) is 0 Å². The third-order valence-corrected chi connectivity index (χ3v) is 2.84. The van der Waals surface area contributed by atoms with Gasteiger partial charge in [-0.2, -0.15) is 5.10 Å². The highest BCUT2D eigenvalue weighted by Crippen LogP contribution is 2.30. The van der Waals surface area contributed by atoms with Gasteiger partial charge in [-0.05, 0) is 18.4 Å². The molecule has 0 bridgehead atoms. The van der Waals surface area contributed by atoms with Crippen molar-refractivity contribution in [2.45, 2.75) is 12.8 Å². The maximum atomic E-state index is 3.86. The monoisotopic (exact) mass is 182 g/mol. The zero-order valence-corrected chi connectivity index (χ0v) is 7.96. The minimum absolute atomic E-state index is 1.12. The molecule has 0 saturated heterocycles. The van der Waals surface area contributed by atoms with Crippen molar-refractivity contribution in [2.75, 3.05) is 0 Å². The topological polar surface area (TPSA) is 19.7 Å². The Balaban J connectivity index is 2.28. The lowest BCUT2D eigenvalue weighted by atomic mass is 9.91. The van der Waals surface area contributed by atoms with Crippen LogP contribution >= 0.6 is 0 Å². The summed E-state index contributed by atoms with van der Waals surface area (Å²) in [6, 6.07) is 8.56. The molecule has 1 N–H and O–H groups in total. The van der Waals surface area contributed by atoms with Crippen molar-refractivity contribution in [2.24, 2.45) is 0 Å². The third kappa shape index (κ3) is 1.02. The molecule has 1 aliphatic rings. The number of aryl methyl sites for hydroxylation is 2. The van der Waals surface area contributed by atoms with Gasteiger partial charge < -0.3 is 0 Å². The van der Waals surface area contributed by atoms with Crippen LogP contribution < -0.4 is 4.59 Å². The van der Waals surface area contributed by atoms with Crippen molar-refractivity contribution >= 4 is 7.98 Å². The minimum atomic E-state index is 1.12. The van der Waals surface area contributed by atoms with Gasteiger partial charge in [-0.15, -0.1) is 0 Å². The molecule has 3 heteroatoms. The van der Waals surface area contributed by atoms with Crippen molar-refractivity contribution in [3.8, 4) is 11.3 Å². The van der Waals surface area contributed by atoms with Gasteiger partial charge >= 0.3 is 7.98 Å². The number of H-pyrrole nitrogens is 1. The second-order valence-electron chi connectivity index (χ2n) is 3.77. The SMILES string of the molecule is [BH][n+]1cc2c([nH]1)-c1ccccc1CC2. The van der Waals surface area contributed by atoms with Crippen LogP contribution in [0.4, 0.5) is 0 Å². The van der Waals surface area contributed by atoms with Gasteiger partial charge in [0.05, 0.1) is 0 Å². The summed E-state index contributed by atoms with van der Waals surface area (Å²) in [5, 5.41) is 3.26. The van der Waals surface area contributed by atoms with Crippen LogP contribution in [0.3, 0.4) is 0 Å². The highest BCUT2D eigenvalue weighted by molar-refractivity contribution is 5.94. The molecule has 0 saturated carbocycles. The van der Waals surface area contributed by atoms with Gasteiger partial charge in [0.2, 0.25) is 0 Å². The largest absolute Gasteiger partial charge is 0.544 e. The first kappa shape index (κ1) is 7.86. The van der Waals surface area contributed by atoms with Crippen LogP contribution in [-0.4, -0.2) is 13.1 Å². The summed E-state index contributed by atoms with van der Waals surface area (Å²) in [5.41, 5.74) is 5.37. The van der Waals surface area contributed by atoms with E-state index in [1.165, 1.54) is 22.4 Å². The molecule has 1 aromatic carbocycles. The Kier molecular flexibility index (Phi) is 1.54. The van der Waals surface area contributed by atoms with Crippen LogP contribution in [0.1, 0.15) is 11.1 Å². The fourth-order valence-corrected chi connectivity index (χ4v) is 2.17. The molecular formula is C11H11BN2+. The Bertz CT molecular complexity index is 488. The normalized spacial score (nSPS) is 13.4. The summed E-state index contributed by atoms with van der Waals surface area (Å²) in [5.74, 6) is 0. The molecule has 3 rings (SSSR count). The number of aromatic amines is 1. The summed E-state index contributed by atoms with van der Waals surface area (Å²) in [6.45, 7) is 0. The number of nitrogens with one attached hydrogen (secondary N) is 1. The van der Waals surface area contributed by atoms with Crippen LogP contribution in [-0.2, 0) is 12.8 Å². The number of hydrogen-bond acceptors (Lipinski definition) is 0. The van der Waals surface area contributed by atoms with Crippen LogP contribution in [0.5, 0.6) is 0 Å². The van der Waals surface area contributed by atoms with Crippen LogP contribution in [0.15, 0.2) is 30.5 Å². The van der Waals surface area contributed by atoms with Crippen molar-refractivity contribution in [3.63, 3.8) is 0 Å². The predicted molar refractivity (Wildman–Crippen MR) is 56.4 cm³/mol. The number of nitrogens with zero attached hydrogens (tertiary/aromatic N) is 1. The van der Waals surface area contributed by atoms with Gasteiger partial charge in [0.1, 0.15) is 5.69 Å². The Morgan fingerprint density at radius 3 is 2.86 bits per heavy atom.